The van der Waals surface area contributed by atoms with Crippen molar-refractivity contribution in [3.63, 3.8) is 0 Å². The molecule has 0 radical (unpaired) electrons. The van der Waals surface area contributed by atoms with E-state index >= 15 is 0 Å². The van der Waals surface area contributed by atoms with E-state index in [9.17, 15) is 25.0 Å². The minimum atomic E-state index is -0.666. The van der Waals surface area contributed by atoms with Gasteiger partial charge in [-0.15, -0.1) is 0 Å². The quantitative estimate of drug-likeness (QED) is 0.379. The molecule has 0 aliphatic heterocycles. The normalized spacial score (nSPS) is 10.5. The van der Waals surface area contributed by atoms with Crippen LogP contribution < -0.4 is 10.1 Å². The third kappa shape index (κ3) is 5.22. The van der Waals surface area contributed by atoms with E-state index < -0.39 is 21.6 Å². The minimum absolute atomic E-state index is 0.139. The fraction of sp³-hybridized carbons (Fsp3) is 0.158. The van der Waals surface area contributed by atoms with Gasteiger partial charge in [-0.05, 0) is 52.4 Å². The van der Waals surface area contributed by atoms with Crippen LogP contribution in [0.1, 0.15) is 11.3 Å². The lowest BCUT2D eigenvalue weighted by Gasteiger charge is -2.10. The smallest absolute Gasteiger partial charge is 0.404 e. The van der Waals surface area contributed by atoms with Crippen molar-refractivity contribution in [2.75, 3.05) is 5.32 Å². The number of aryl methyl sites for hydroxylation is 1. The number of halogens is 1. The van der Waals surface area contributed by atoms with Crippen LogP contribution in [0.15, 0.2) is 46.9 Å². The van der Waals surface area contributed by atoms with Crippen LogP contribution in [0.4, 0.5) is 17.2 Å². The molecule has 1 aromatic heterocycles. The molecule has 0 saturated heterocycles. The number of hydrogen-bond donors (Lipinski definition) is 1. The van der Waals surface area contributed by atoms with Crippen molar-refractivity contribution in [3.05, 3.63) is 78.4 Å². The third-order valence-electron chi connectivity index (χ3n) is 4.19. The summed E-state index contributed by atoms with van der Waals surface area (Å²) < 4.78 is 7.04. The SMILES string of the molecule is Cc1cccc(Oc2cc(NC(=O)Cn3nc([N+](=O)[O-])c(Br)c3C)cc([N+](=O)[O-])c2)c1. The second kappa shape index (κ2) is 8.92. The molecule has 3 rings (SSSR count). The van der Waals surface area contributed by atoms with Gasteiger partial charge in [0.15, 0.2) is 0 Å². The van der Waals surface area contributed by atoms with Crippen molar-refractivity contribution in [1.82, 2.24) is 9.78 Å². The van der Waals surface area contributed by atoms with Gasteiger partial charge in [0, 0.05) is 12.1 Å². The number of nitro groups is 2. The first-order valence-electron chi connectivity index (χ1n) is 8.85. The Kier molecular flexibility index (Phi) is 6.30. The molecular formula is C19H16BrN5O6. The fourth-order valence-electron chi connectivity index (χ4n) is 2.75. The highest BCUT2D eigenvalue weighted by Gasteiger charge is 2.24. The summed E-state index contributed by atoms with van der Waals surface area (Å²) in [6.45, 7) is 3.12. The number of ether oxygens (including phenoxy) is 1. The first-order chi connectivity index (χ1) is 14.6. The number of non-ortho nitro benzene ring substituents is 1. The van der Waals surface area contributed by atoms with Gasteiger partial charge in [0.1, 0.15) is 22.5 Å². The molecule has 160 valence electrons. The van der Waals surface area contributed by atoms with Crippen LogP contribution in [0.25, 0.3) is 0 Å². The Labute approximate surface area is 184 Å². The number of amides is 1. The maximum absolute atomic E-state index is 12.5. The van der Waals surface area contributed by atoms with Crippen LogP contribution in [0.5, 0.6) is 11.5 Å². The van der Waals surface area contributed by atoms with E-state index in [1.807, 2.05) is 13.0 Å². The number of carbonyl (C=O) groups excluding carboxylic acids is 1. The molecule has 1 N–H and O–H groups in total. The molecule has 0 bridgehead atoms. The van der Waals surface area contributed by atoms with Gasteiger partial charge in [-0.3, -0.25) is 14.9 Å². The summed E-state index contributed by atoms with van der Waals surface area (Å²) in [5.41, 5.74) is 1.21. The van der Waals surface area contributed by atoms with E-state index in [0.717, 1.165) is 5.56 Å². The molecule has 0 aliphatic carbocycles. The number of benzene rings is 2. The molecule has 1 amide bonds. The van der Waals surface area contributed by atoms with Gasteiger partial charge >= 0.3 is 5.82 Å². The zero-order chi connectivity index (χ0) is 22.7. The molecule has 12 heteroatoms. The Morgan fingerprint density at radius 1 is 1.13 bits per heavy atom. The minimum Gasteiger partial charge on any atom is -0.457 e. The third-order valence-corrected chi connectivity index (χ3v) is 5.12. The van der Waals surface area contributed by atoms with Gasteiger partial charge in [0.25, 0.3) is 5.69 Å². The van der Waals surface area contributed by atoms with Crippen LogP contribution in [-0.4, -0.2) is 25.5 Å². The lowest BCUT2D eigenvalue weighted by atomic mass is 10.2. The zero-order valence-electron chi connectivity index (χ0n) is 16.4. The molecular weight excluding hydrogens is 474 g/mol. The molecule has 0 aliphatic rings. The first kappa shape index (κ1) is 21.9. The predicted octanol–water partition coefficient (Wildman–Crippen LogP) is 4.51. The molecule has 0 atom stereocenters. The molecule has 2 aromatic carbocycles. The summed E-state index contributed by atoms with van der Waals surface area (Å²) in [4.78, 5) is 33.5. The van der Waals surface area contributed by atoms with Crippen molar-refractivity contribution >= 4 is 39.0 Å². The summed E-state index contributed by atoms with van der Waals surface area (Å²) in [5.74, 6) is -0.324. The summed E-state index contributed by atoms with van der Waals surface area (Å²) in [7, 11) is 0. The van der Waals surface area contributed by atoms with Gasteiger partial charge in [-0.25, -0.2) is 0 Å². The maximum Gasteiger partial charge on any atom is 0.404 e. The Hall–Kier alpha value is -3.80. The molecule has 3 aromatic rings. The maximum atomic E-state index is 12.5. The summed E-state index contributed by atoms with van der Waals surface area (Å²) in [5, 5.41) is 28.6. The monoisotopic (exact) mass is 489 g/mol. The average Bonchev–Trinajstić information content (AvgIpc) is 2.96. The molecule has 0 fully saturated rings. The van der Waals surface area contributed by atoms with E-state index in [0.29, 0.717) is 11.4 Å². The standard InChI is InChI=1S/C19H16BrN5O6/c1-11-4-3-5-15(6-11)31-16-8-13(7-14(9-16)24(27)28)21-17(26)10-23-12(2)18(20)19(22-23)25(29)30/h3-9H,10H2,1-2H3,(H,21,26). The van der Waals surface area contributed by atoms with Gasteiger partial charge < -0.3 is 20.2 Å². The van der Waals surface area contributed by atoms with Gasteiger partial charge in [0.2, 0.25) is 5.91 Å². The van der Waals surface area contributed by atoms with E-state index in [1.165, 1.54) is 22.9 Å². The van der Waals surface area contributed by atoms with Crippen molar-refractivity contribution < 1.29 is 19.4 Å². The van der Waals surface area contributed by atoms with Crippen molar-refractivity contribution in [2.24, 2.45) is 0 Å². The molecule has 31 heavy (non-hydrogen) atoms. The number of carbonyl (C=O) groups is 1. The number of nitro benzene ring substituents is 1. The summed E-state index contributed by atoms with van der Waals surface area (Å²) in [6.07, 6.45) is 0. The lowest BCUT2D eigenvalue weighted by Crippen LogP contribution is -2.20. The van der Waals surface area contributed by atoms with Crippen LogP contribution >= 0.6 is 15.9 Å². The van der Waals surface area contributed by atoms with Crippen LogP contribution in [0.2, 0.25) is 0 Å². The van der Waals surface area contributed by atoms with Gasteiger partial charge in [-0.2, -0.15) is 4.68 Å². The second-order valence-corrected chi connectivity index (χ2v) is 7.37. The Balaban J connectivity index is 1.82. The number of aromatic nitrogens is 2. The molecule has 1 heterocycles. The number of hydrogen-bond acceptors (Lipinski definition) is 7. The lowest BCUT2D eigenvalue weighted by molar-refractivity contribution is -0.390. The molecule has 0 spiro atoms. The zero-order valence-corrected chi connectivity index (χ0v) is 18.0. The second-order valence-electron chi connectivity index (χ2n) is 6.58. The van der Waals surface area contributed by atoms with E-state index in [2.05, 4.69) is 26.3 Å². The highest BCUT2D eigenvalue weighted by molar-refractivity contribution is 9.10. The van der Waals surface area contributed by atoms with E-state index in [-0.39, 0.29) is 28.1 Å². The van der Waals surface area contributed by atoms with Crippen molar-refractivity contribution in [2.45, 2.75) is 20.4 Å². The number of rotatable bonds is 7. The molecule has 0 unspecified atom stereocenters. The summed E-state index contributed by atoms with van der Waals surface area (Å²) >= 11 is 3.08. The van der Waals surface area contributed by atoms with Crippen LogP contribution in [0, 0.1) is 34.1 Å². The number of nitrogens with zero attached hydrogens (tertiary/aromatic N) is 4. The van der Waals surface area contributed by atoms with Crippen molar-refractivity contribution in [1.29, 1.82) is 0 Å². The highest BCUT2D eigenvalue weighted by atomic mass is 79.9. The average molecular weight is 490 g/mol. The Bertz CT molecular complexity index is 1190. The van der Waals surface area contributed by atoms with E-state index in [1.54, 1.807) is 25.1 Å². The predicted molar refractivity (Wildman–Crippen MR) is 114 cm³/mol. The van der Waals surface area contributed by atoms with Gasteiger partial charge in [0.05, 0.1) is 27.5 Å². The van der Waals surface area contributed by atoms with E-state index in [4.69, 9.17) is 4.74 Å². The largest absolute Gasteiger partial charge is 0.457 e. The highest BCUT2D eigenvalue weighted by Crippen LogP contribution is 2.30. The fourth-order valence-corrected chi connectivity index (χ4v) is 3.18. The van der Waals surface area contributed by atoms with Crippen LogP contribution in [-0.2, 0) is 11.3 Å². The Morgan fingerprint density at radius 2 is 1.87 bits per heavy atom. The molecule has 11 nitrogen and oxygen atoms in total. The van der Waals surface area contributed by atoms with Crippen LogP contribution in [0.3, 0.4) is 0 Å². The number of anilines is 1. The van der Waals surface area contributed by atoms with Crippen molar-refractivity contribution in [3.8, 4) is 11.5 Å². The topological polar surface area (TPSA) is 142 Å². The van der Waals surface area contributed by atoms with Gasteiger partial charge in [-0.1, -0.05) is 12.1 Å². The number of nitrogens with one attached hydrogen (secondary N) is 1. The molecule has 0 saturated carbocycles. The first-order valence-corrected chi connectivity index (χ1v) is 9.64. The summed E-state index contributed by atoms with van der Waals surface area (Å²) in [6, 6.07) is 11.0. The Morgan fingerprint density at radius 3 is 2.48 bits per heavy atom.